The van der Waals surface area contributed by atoms with Crippen molar-refractivity contribution in [3.05, 3.63) is 64.7 Å². The van der Waals surface area contributed by atoms with Crippen molar-refractivity contribution in [1.82, 2.24) is 0 Å². The zero-order valence-electron chi connectivity index (χ0n) is 19.7. The standard InChI is InChI=1S/C29H37NO2/c1-3-5-6-7-8-9-23-12-19-28(27(20-23)21-30)32-29(31)26-17-15-25(16-18-26)24-13-10-22(4-2)11-14-24/h12,15-20,22,24H,3-11,13-14H2,1-2H3. The van der Waals surface area contributed by atoms with Gasteiger partial charge in [-0.05, 0) is 85.8 Å². The number of esters is 1. The zero-order chi connectivity index (χ0) is 22.8. The SMILES string of the molecule is CCCCCCCc1ccc(OC(=O)c2ccc(C3CCC(CC)CC3)cc2)c(C#N)c1. The molecule has 1 fully saturated rings. The van der Waals surface area contributed by atoms with Gasteiger partial charge in [-0.15, -0.1) is 0 Å². The number of hydrogen-bond donors (Lipinski definition) is 0. The van der Waals surface area contributed by atoms with E-state index in [0.717, 1.165) is 24.3 Å². The Labute approximate surface area is 193 Å². The van der Waals surface area contributed by atoms with Gasteiger partial charge in [0.05, 0.1) is 11.1 Å². The maximum absolute atomic E-state index is 12.7. The van der Waals surface area contributed by atoms with Crippen molar-refractivity contribution in [1.29, 1.82) is 5.26 Å². The van der Waals surface area contributed by atoms with Gasteiger partial charge >= 0.3 is 5.97 Å². The van der Waals surface area contributed by atoms with Crippen LogP contribution >= 0.6 is 0 Å². The van der Waals surface area contributed by atoms with Crippen LogP contribution in [0.1, 0.15) is 111 Å². The summed E-state index contributed by atoms with van der Waals surface area (Å²) >= 11 is 0. The van der Waals surface area contributed by atoms with E-state index in [0.29, 0.717) is 22.8 Å². The number of rotatable bonds is 10. The van der Waals surface area contributed by atoms with Gasteiger partial charge in [-0.2, -0.15) is 5.26 Å². The number of benzene rings is 2. The minimum atomic E-state index is -0.407. The van der Waals surface area contributed by atoms with E-state index in [1.54, 1.807) is 6.07 Å². The fourth-order valence-corrected chi connectivity index (χ4v) is 4.80. The van der Waals surface area contributed by atoms with Gasteiger partial charge in [0.1, 0.15) is 11.8 Å². The van der Waals surface area contributed by atoms with Gasteiger partial charge in [0.25, 0.3) is 0 Å². The molecule has 3 nitrogen and oxygen atoms in total. The van der Waals surface area contributed by atoms with Crippen LogP contribution in [0.3, 0.4) is 0 Å². The molecule has 0 unspecified atom stereocenters. The molecule has 0 heterocycles. The van der Waals surface area contributed by atoms with E-state index in [1.165, 1.54) is 63.4 Å². The lowest BCUT2D eigenvalue weighted by atomic mass is 9.78. The van der Waals surface area contributed by atoms with E-state index in [4.69, 9.17) is 4.74 Å². The number of carbonyl (C=O) groups excluding carboxylic acids is 1. The number of unbranched alkanes of at least 4 members (excludes halogenated alkanes) is 4. The van der Waals surface area contributed by atoms with Gasteiger partial charge in [0.2, 0.25) is 0 Å². The predicted octanol–water partition coefficient (Wildman–Crippen LogP) is 7.97. The molecular weight excluding hydrogens is 394 g/mol. The van der Waals surface area contributed by atoms with Crippen molar-refractivity contribution >= 4 is 5.97 Å². The molecule has 2 aromatic carbocycles. The smallest absolute Gasteiger partial charge is 0.343 e. The van der Waals surface area contributed by atoms with Crippen LogP contribution in [0.2, 0.25) is 0 Å². The fraction of sp³-hybridized carbons (Fsp3) is 0.517. The third kappa shape index (κ3) is 6.70. The van der Waals surface area contributed by atoms with Gasteiger partial charge in [0.15, 0.2) is 0 Å². The third-order valence-corrected chi connectivity index (χ3v) is 6.98. The molecule has 0 aromatic heterocycles. The third-order valence-electron chi connectivity index (χ3n) is 6.98. The molecule has 0 aliphatic heterocycles. The van der Waals surface area contributed by atoms with E-state index in [2.05, 4.69) is 32.0 Å². The molecule has 170 valence electrons. The molecule has 0 atom stereocenters. The minimum Gasteiger partial charge on any atom is -0.422 e. The van der Waals surface area contributed by atoms with Gasteiger partial charge < -0.3 is 4.74 Å². The highest BCUT2D eigenvalue weighted by molar-refractivity contribution is 5.91. The molecule has 0 amide bonds. The van der Waals surface area contributed by atoms with Crippen molar-refractivity contribution in [2.45, 2.75) is 90.4 Å². The van der Waals surface area contributed by atoms with Crippen molar-refractivity contribution in [2.24, 2.45) is 5.92 Å². The second kappa shape index (κ2) is 12.4. The van der Waals surface area contributed by atoms with Crippen LogP contribution in [0, 0.1) is 17.2 Å². The Hall–Kier alpha value is -2.60. The van der Waals surface area contributed by atoms with Crippen LogP contribution in [0.4, 0.5) is 0 Å². The first kappa shape index (κ1) is 24.1. The van der Waals surface area contributed by atoms with Gasteiger partial charge in [-0.25, -0.2) is 4.79 Å². The highest BCUT2D eigenvalue weighted by Gasteiger charge is 2.21. The molecule has 1 aliphatic rings. The maximum Gasteiger partial charge on any atom is 0.343 e. The largest absolute Gasteiger partial charge is 0.422 e. The van der Waals surface area contributed by atoms with Gasteiger partial charge in [-0.3, -0.25) is 0 Å². The molecule has 3 rings (SSSR count). The molecule has 1 aliphatic carbocycles. The summed E-state index contributed by atoms with van der Waals surface area (Å²) in [6, 6.07) is 15.6. The van der Waals surface area contributed by atoms with Crippen molar-refractivity contribution in [3.63, 3.8) is 0 Å². The molecule has 0 bridgehead atoms. The Morgan fingerprint density at radius 2 is 1.69 bits per heavy atom. The first-order valence-electron chi connectivity index (χ1n) is 12.5. The van der Waals surface area contributed by atoms with E-state index in [9.17, 15) is 10.1 Å². The highest BCUT2D eigenvalue weighted by Crippen LogP contribution is 2.37. The Bertz CT molecular complexity index is 902. The number of aryl methyl sites for hydroxylation is 1. The van der Waals surface area contributed by atoms with Gasteiger partial charge in [-0.1, -0.05) is 64.2 Å². The fourth-order valence-electron chi connectivity index (χ4n) is 4.80. The Balaban J connectivity index is 1.57. The number of nitriles is 1. The van der Waals surface area contributed by atoms with Gasteiger partial charge in [0, 0.05) is 0 Å². The Morgan fingerprint density at radius 1 is 0.969 bits per heavy atom. The molecular formula is C29H37NO2. The van der Waals surface area contributed by atoms with Crippen molar-refractivity contribution in [3.8, 4) is 11.8 Å². The van der Waals surface area contributed by atoms with Crippen LogP contribution in [0.15, 0.2) is 42.5 Å². The minimum absolute atomic E-state index is 0.342. The molecule has 3 heteroatoms. The summed E-state index contributed by atoms with van der Waals surface area (Å²) in [7, 11) is 0. The number of carbonyl (C=O) groups is 1. The summed E-state index contributed by atoms with van der Waals surface area (Å²) in [5.74, 6) is 1.41. The molecule has 1 saturated carbocycles. The average Bonchev–Trinajstić information content (AvgIpc) is 2.84. The average molecular weight is 432 g/mol. The predicted molar refractivity (Wildman–Crippen MR) is 130 cm³/mol. The lowest BCUT2D eigenvalue weighted by Gasteiger charge is -2.28. The quantitative estimate of drug-likeness (QED) is 0.218. The number of hydrogen-bond acceptors (Lipinski definition) is 3. The monoisotopic (exact) mass is 431 g/mol. The maximum atomic E-state index is 12.7. The first-order valence-corrected chi connectivity index (χ1v) is 12.5. The molecule has 32 heavy (non-hydrogen) atoms. The topological polar surface area (TPSA) is 50.1 Å². The van der Waals surface area contributed by atoms with Crippen molar-refractivity contribution in [2.75, 3.05) is 0 Å². The van der Waals surface area contributed by atoms with Crippen molar-refractivity contribution < 1.29 is 9.53 Å². The van der Waals surface area contributed by atoms with Crippen LogP contribution in [-0.2, 0) is 6.42 Å². The number of nitrogens with zero attached hydrogens (tertiary/aromatic N) is 1. The van der Waals surface area contributed by atoms with Crippen LogP contribution in [0.25, 0.3) is 0 Å². The van der Waals surface area contributed by atoms with Crippen LogP contribution in [-0.4, -0.2) is 5.97 Å². The summed E-state index contributed by atoms with van der Waals surface area (Å²) in [4.78, 5) is 12.7. The van der Waals surface area contributed by atoms with Crippen LogP contribution < -0.4 is 4.74 Å². The molecule has 0 saturated heterocycles. The van der Waals surface area contributed by atoms with E-state index >= 15 is 0 Å². The summed E-state index contributed by atoms with van der Waals surface area (Å²) in [5.41, 5.74) is 3.39. The molecule has 0 spiro atoms. The lowest BCUT2D eigenvalue weighted by Crippen LogP contribution is -2.13. The Kier molecular flexibility index (Phi) is 9.35. The first-order chi connectivity index (χ1) is 15.6. The summed E-state index contributed by atoms with van der Waals surface area (Å²) < 4.78 is 5.59. The normalized spacial score (nSPS) is 18.2. The van der Waals surface area contributed by atoms with E-state index in [-0.39, 0.29) is 0 Å². The second-order valence-electron chi connectivity index (χ2n) is 9.24. The molecule has 0 radical (unpaired) electrons. The zero-order valence-corrected chi connectivity index (χ0v) is 19.7. The Morgan fingerprint density at radius 3 is 2.34 bits per heavy atom. The summed E-state index contributed by atoms with van der Waals surface area (Å²) in [6.45, 7) is 4.50. The van der Waals surface area contributed by atoms with E-state index in [1.807, 2.05) is 24.3 Å². The molecule has 2 aromatic rings. The highest BCUT2D eigenvalue weighted by atomic mass is 16.5. The molecule has 0 N–H and O–H groups in total. The summed E-state index contributed by atoms with van der Waals surface area (Å²) in [6.07, 6.45) is 13.4. The number of ether oxygens (including phenoxy) is 1. The van der Waals surface area contributed by atoms with E-state index < -0.39 is 5.97 Å². The summed E-state index contributed by atoms with van der Waals surface area (Å²) in [5, 5.41) is 9.54. The second-order valence-corrected chi connectivity index (χ2v) is 9.24. The van der Waals surface area contributed by atoms with Crippen LogP contribution in [0.5, 0.6) is 5.75 Å². The lowest BCUT2D eigenvalue weighted by molar-refractivity contribution is 0.0734.